The lowest BCUT2D eigenvalue weighted by Crippen LogP contribution is -2.08. The number of aromatic nitrogens is 1. The molecule has 1 aliphatic heterocycles. The Bertz CT molecular complexity index is 794. The van der Waals surface area contributed by atoms with E-state index in [0.717, 1.165) is 27.1 Å². The van der Waals surface area contributed by atoms with Gasteiger partial charge in [-0.3, -0.25) is 0 Å². The molecule has 0 radical (unpaired) electrons. The van der Waals surface area contributed by atoms with Crippen molar-refractivity contribution >= 4 is 63.1 Å². The predicted octanol–water partition coefficient (Wildman–Crippen LogP) is 5.99. The van der Waals surface area contributed by atoms with Crippen LogP contribution in [0.4, 0.5) is 0 Å². The first-order chi connectivity index (χ1) is 12.1. The van der Waals surface area contributed by atoms with Crippen LogP contribution in [0.2, 0.25) is 5.15 Å². The Morgan fingerprint density at radius 1 is 1.28 bits per heavy atom. The van der Waals surface area contributed by atoms with Gasteiger partial charge in [-0.2, -0.15) is 0 Å². The number of benzene rings is 1. The first-order valence-electron chi connectivity index (χ1n) is 7.66. The fraction of sp³-hybridized carbons (Fsp3) is 0.222. The number of carbonyl (C=O) groups is 1. The Balaban J connectivity index is 1.74. The number of hydrogen-bond acceptors (Lipinski definition) is 5. The summed E-state index contributed by atoms with van der Waals surface area (Å²) < 4.78 is 6.86. The minimum atomic E-state index is -0.415. The van der Waals surface area contributed by atoms with Crippen molar-refractivity contribution in [3.05, 3.63) is 63.4 Å². The van der Waals surface area contributed by atoms with Crippen LogP contribution in [0.1, 0.15) is 22.1 Å². The van der Waals surface area contributed by atoms with Crippen molar-refractivity contribution in [3.8, 4) is 5.75 Å². The van der Waals surface area contributed by atoms with E-state index in [0.29, 0.717) is 10.9 Å². The average Bonchev–Trinajstić information content (AvgIpc) is 2.62. The third-order valence-corrected chi connectivity index (χ3v) is 7.10. The van der Waals surface area contributed by atoms with Crippen LogP contribution >= 0.6 is 51.1 Å². The summed E-state index contributed by atoms with van der Waals surface area (Å²) in [7, 11) is 0. The second-order valence-electron chi connectivity index (χ2n) is 5.28. The molecular formula is C18H15BrClNO2S2. The fourth-order valence-electron chi connectivity index (χ4n) is 2.29. The Labute approximate surface area is 168 Å². The summed E-state index contributed by atoms with van der Waals surface area (Å²) in [6.07, 6.45) is 5.88. The van der Waals surface area contributed by atoms with E-state index in [9.17, 15) is 4.79 Å². The Morgan fingerprint density at radius 3 is 2.84 bits per heavy atom. The van der Waals surface area contributed by atoms with Crippen molar-refractivity contribution in [2.75, 3.05) is 11.5 Å². The zero-order valence-corrected chi connectivity index (χ0v) is 17.1. The lowest BCUT2D eigenvalue weighted by molar-refractivity contribution is -0.128. The standard InChI is InChI=1S/C18H15BrClNO2S2/c19-13-3-4-15(14(11-13)18-24-8-1-9-25-18)23-17(22)5-2-12-6-7-21-16(20)10-12/h2-7,10-11,18H,1,8-9H2/b5-2-. The summed E-state index contributed by atoms with van der Waals surface area (Å²) in [5, 5.41) is 0.386. The van der Waals surface area contributed by atoms with Crippen LogP contribution in [0.3, 0.4) is 0 Å². The predicted molar refractivity (Wildman–Crippen MR) is 110 cm³/mol. The van der Waals surface area contributed by atoms with Gasteiger partial charge in [-0.25, -0.2) is 9.78 Å². The number of hydrogen-bond donors (Lipinski definition) is 0. The molecule has 3 rings (SSSR count). The zero-order valence-electron chi connectivity index (χ0n) is 13.2. The monoisotopic (exact) mass is 455 g/mol. The number of rotatable bonds is 4. The largest absolute Gasteiger partial charge is 0.423 e. The lowest BCUT2D eigenvalue weighted by Gasteiger charge is -2.23. The molecule has 0 spiro atoms. The number of carbonyl (C=O) groups excluding carboxylic acids is 1. The van der Waals surface area contributed by atoms with Gasteiger partial charge in [-0.1, -0.05) is 27.5 Å². The highest BCUT2D eigenvalue weighted by Gasteiger charge is 2.21. The molecule has 25 heavy (non-hydrogen) atoms. The second kappa shape index (κ2) is 9.12. The fourth-order valence-corrected chi connectivity index (χ4v) is 5.78. The van der Waals surface area contributed by atoms with Crippen LogP contribution in [0.5, 0.6) is 5.75 Å². The van der Waals surface area contributed by atoms with E-state index in [1.807, 2.05) is 41.7 Å². The highest BCUT2D eigenvalue weighted by Crippen LogP contribution is 2.47. The topological polar surface area (TPSA) is 39.2 Å². The van der Waals surface area contributed by atoms with Crippen LogP contribution in [-0.4, -0.2) is 22.5 Å². The molecule has 1 aromatic carbocycles. The van der Waals surface area contributed by atoms with Crippen molar-refractivity contribution < 1.29 is 9.53 Å². The van der Waals surface area contributed by atoms with Crippen molar-refractivity contribution in [2.45, 2.75) is 11.0 Å². The van der Waals surface area contributed by atoms with Gasteiger partial charge in [0.05, 0.1) is 4.58 Å². The van der Waals surface area contributed by atoms with Gasteiger partial charge in [-0.05, 0) is 59.9 Å². The molecule has 0 unspecified atom stereocenters. The molecule has 7 heteroatoms. The van der Waals surface area contributed by atoms with Crippen LogP contribution in [0.15, 0.2) is 47.1 Å². The van der Waals surface area contributed by atoms with E-state index >= 15 is 0 Å². The van der Waals surface area contributed by atoms with Gasteiger partial charge in [0.2, 0.25) is 0 Å². The highest BCUT2D eigenvalue weighted by molar-refractivity contribution is 9.10. The number of ether oxygens (including phenoxy) is 1. The molecule has 2 aromatic rings. The number of pyridine rings is 1. The maximum Gasteiger partial charge on any atom is 0.336 e. The van der Waals surface area contributed by atoms with Crippen molar-refractivity contribution in [3.63, 3.8) is 0 Å². The number of thioether (sulfide) groups is 2. The smallest absolute Gasteiger partial charge is 0.336 e. The molecule has 0 aliphatic carbocycles. The number of esters is 1. The SMILES string of the molecule is O=C(/C=C\c1ccnc(Cl)c1)Oc1ccc(Br)cc1C1SCCCS1. The summed E-state index contributed by atoms with van der Waals surface area (Å²) in [5.74, 6) is 2.44. The summed E-state index contributed by atoms with van der Waals surface area (Å²) >= 11 is 13.1. The molecule has 1 saturated heterocycles. The van der Waals surface area contributed by atoms with Gasteiger partial charge in [0.25, 0.3) is 0 Å². The van der Waals surface area contributed by atoms with Gasteiger partial charge in [0.1, 0.15) is 10.9 Å². The average molecular weight is 457 g/mol. The van der Waals surface area contributed by atoms with Gasteiger partial charge >= 0.3 is 5.97 Å². The van der Waals surface area contributed by atoms with Crippen LogP contribution in [-0.2, 0) is 4.79 Å². The molecule has 1 aliphatic rings. The molecule has 1 fully saturated rings. The highest BCUT2D eigenvalue weighted by atomic mass is 79.9. The minimum absolute atomic E-state index is 0.289. The van der Waals surface area contributed by atoms with Gasteiger partial charge in [-0.15, -0.1) is 23.5 Å². The third-order valence-electron chi connectivity index (χ3n) is 3.43. The molecule has 130 valence electrons. The lowest BCUT2D eigenvalue weighted by atomic mass is 10.2. The molecular weight excluding hydrogens is 442 g/mol. The molecule has 1 aromatic heterocycles. The molecule has 0 bridgehead atoms. The molecule has 0 atom stereocenters. The summed E-state index contributed by atoms with van der Waals surface area (Å²) in [4.78, 5) is 16.1. The summed E-state index contributed by atoms with van der Waals surface area (Å²) in [6, 6.07) is 9.22. The van der Waals surface area contributed by atoms with Crippen molar-refractivity contribution in [2.24, 2.45) is 0 Å². The summed E-state index contributed by atoms with van der Waals surface area (Å²) in [5.41, 5.74) is 1.84. The van der Waals surface area contributed by atoms with Crippen molar-refractivity contribution in [1.82, 2.24) is 4.98 Å². The maximum atomic E-state index is 12.2. The van der Waals surface area contributed by atoms with Crippen LogP contribution in [0.25, 0.3) is 6.08 Å². The zero-order chi connectivity index (χ0) is 17.6. The minimum Gasteiger partial charge on any atom is -0.423 e. The Kier molecular flexibility index (Phi) is 6.87. The molecule has 2 heterocycles. The number of nitrogens with zero attached hydrogens (tertiary/aromatic N) is 1. The van der Waals surface area contributed by atoms with E-state index in [4.69, 9.17) is 16.3 Å². The first-order valence-corrected chi connectivity index (χ1v) is 10.9. The molecule has 0 saturated carbocycles. The first kappa shape index (κ1) is 18.8. The Hall–Kier alpha value is -0.950. The van der Waals surface area contributed by atoms with E-state index in [-0.39, 0.29) is 4.58 Å². The maximum absolute atomic E-state index is 12.2. The second-order valence-corrected chi connectivity index (χ2v) is 9.30. The van der Waals surface area contributed by atoms with Crippen molar-refractivity contribution in [1.29, 1.82) is 0 Å². The Morgan fingerprint density at radius 2 is 2.08 bits per heavy atom. The van der Waals surface area contributed by atoms with E-state index < -0.39 is 5.97 Å². The molecule has 0 N–H and O–H groups in total. The van der Waals surface area contributed by atoms with Gasteiger partial charge in [0, 0.05) is 22.3 Å². The van der Waals surface area contributed by atoms with Crippen LogP contribution in [0, 0.1) is 0 Å². The van der Waals surface area contributed by atoms with Crippen LogP contribution < -0.4 is 4.74 Å². The molecule has 0 amide bonds. The third kappa shape index (κ3) is 5.51. The quantitative estimate of drug-likeness (QED) is 0.245. The van der Waals surface area contributed by atoms with E-state index in [2.05, 4.69) is 20.9 Å². The van der Waals surface area contributed by atoms with Gasteiger partial charge < -0.3 is 4.74 Å². The van der Waals surface area contributed by atoms with Gasteiger partial charge in [0.15, 0.2) is 0 Å². The van der Waals surface area contributed by atoms with E-state index in [1.165, 1.54) is 12.5 Å². The van der Waals surface area contributed by atoms with E-state index in [1.54, 1.807) is 24.4 Å². The number of halogens is 2. The summed E-state index contributed by atoms with van der Waals surface area (Å²) in [6.45, 7) is 0. The molecule has 3 nitrogen and oxygen atoms in total. The normalized spacial score (nSPS) is 15.4.